The topological polar surface area (TPSA) is 52.4 Å². The van der Waals surface area contributed by atoms with Crippen molar-refractivity contribution in [3.05, 3.63) is 62.9 Å². The van der Waals surface area contributed by atoms with Crippen molar-refractivity contribution >= 4 is 21.6 Å². The third-order valence-electron chi connectivity index (χ3n) is 2.13. The predicted octanol–water partition coefficient (Wildman–Crippen LogP) is 4.29. The van der Waals surface area contributed by atoms with Crippen molar-refractivity contribution in [2.45, 2.75) is 0 Å². The highest BCUT2D eigenvalue weighted by Crippen LogP contribution is 2.31. The van der Waals surface area contributed by atoms with Gasteiger partial charge in [0, 0.05) is 6.07 Å². The molecule has 0 bridgehead atoms. The zero-order chi connectivity index (χ0) is 13.1. The van der Waals surface area contributed by atoms with E-state index in [0.29, 0.717) is 10.2 Å². The number of non-ortho nitro benzene ring substituents is 1. The number of rotatable bonds is 3. The van der Waals surface area contributed by atoms with Crippen LogP contribution in [0.5, 0.6) is 11.5 Å². The molecule has 2 aromatic carbocycles. The van der Waals surface area contributed by atoms with Crippen LogP contribution in [0.25, 0.3) is 0 Å². The monoisotopic (exact) mass is 311 g/mol. The third-order valence-corrected chi connectivity index (χ3v) is 2.79. The van der Waals surface area contributed by atoms with E-state index < -0.39 is 10.7 Å². The standard InChI is InChI=1S/C12H7BrFNO3/c13-11-3-1-2-4-12(11)18-10-6-8(14)5-9(7-10)15(16)17/h1-7H. The molecular formula is C12H7BrFNO3. The Balaban J connectivity index is 2.35. The largest absolute Gasteiger partial charge is 0.456 e. The molecule has 4 nitrogen and oxygen atoms in total. The quantitative estimate of drug-likeness (QED) is 0.627. The van der Waals surface area contributed by atoms with Gasteiger partial charge < -0.3 is 4.74 Å². The summed E-state index contributed by atoms with van der Waals surface area (Å²) in [6.45, 7) is 0. The van der Waals surface area contributed by atoms with Gasteiger partial charge in [-0.2, -0.15) is 0 Å². The minimum Gasteiger partial charge on any atom is -0.456 e. The third kappa shape index (κ3) is 2.84. The molecule has 6 heteroatoms. The molecule has 0 aliphatic heterocycles. The van der Waals surface area contributed by atoms with Crippen molar-refractivity contribution in [1.82, 2.24) is 0 Å². The summed E-state index contributed by atoms with van der Waals surface area (Å²) in [5.74, 6) is -0.183. The smallest absolute Gasteiger partial charge is 0.276 e. The van der Waals surface area contributed by atoms with Crippen molar-refractivity contribution in [1.29, 1.82) is 0 Å². The van der Waals surface area contributed by atoms with Crippen LogP contribution >= 0.6 is 15.9 Å². The van der Waals surface area contributed by atoms with Gasteiger partial charge in [-0.1, -0.05) is 12.1 Å². The first kappa shape index (κ1) is 12.5. The van der Waals surface area contributed by atoms with Gasteiger partial charge >= 0.3 is 0 Å². The number of hydrogen-bond acceptors (Lipinski definition) is 3. The highest BCUT2D eigenvalue weighted by Gasteiger charge is 2.11. The van der Waals surface area contributed by atoms with Gasteiger partial charge in [-0.3, -0.25) is 10.1 Å². The lowest BCUT2D eigenvalue weighted by atomic mass is 10.3. The highest BCUT2D eigenvalue weighted by molar-refractivity contribution is 9.10. The number of ether oxygens (including phenoxy) is 1. The minimum atomic E-state index is -0.716. The van der Waals surface area contributed by atoms with E-state index in [1.165, 1.54) is 6.07 Å². The fourth-order valence-electron chi connectivity index (χ4n) is 1.37. The molecule has 0 heterocycles. The number of nitrogens with zero attached hydrogens (tertiary/aromatic N) is 1. The van der Waals surface area contributed by atoms with Gasteiger partial charge in [0.25, 0.3) is 5.69 Å². The van der Waals surface area contributed by atoms with Gasteiger partial charge in [-0.15, -0.1) is 0 Å². The van der Waals surface area contributed by atoms with Crippen LogP contribution in [-0.2, 0) is 0 Å². The van der Waals surface area contributed by atoms with E-state index in [4.69, 9.17) is 4.74 Å². The molecule has 0 amide bonds. The lowest BCUT2D eigenvalue weighted by Gasteiger charge is -2.07. The second-order valence-corrected chi connectivity index (χ2v) is 4.29. The van der Waals surface area contributed by atoms with Gasteiger partial charge in [-0.05, 0) is 28.1 Å². The molecule has 0 N–H and O–H groups in total. The number of hydrogen-bond donors (Lipinski definition) is 0. The average molecular weight is 312 g/mol. The van der Waals surface area contributed by atoms with Gasteiger partial charge in [0.1, 0.15) is 17.3 Å². The molecule has 0 saturated carbocycles. The Morgan fingerprint density at radius 2 is 1.94 bits per heavy atom. The second kappa shape index (κ2) is 5.14. The summed E-state index contributed by atoms with van der Waals surface area (Å²) in [6, 6.07) is 10.1. The number of halogens is 2. The van der Waals surface area contributed by atoms with E-state index >= 15 is 0 Å². The summed E-state index contributed by atoms with van der Waals surface area (Å²) in [6.07, 6.45) is 0. The number of para-hydroxylation sites is 1. The molecule has 0 aliphatic rings. The molecule has 0 aromatic heterocycles. The minimum absolute atomic E-state index is 0.0774. The predicted molar refractivity (Wildman–Crippen MR) is 67.3 cm³/mol. The zero-order valence-corrected chi connectivity index (χ0v) is 10.6. The van der Waals surface area contributed by atoms with Crippen LogP contribution in [-0.4, -0.2) is 4.92 Å². The summed E-state index contributed by atoms with van der Waals surface area (Å²) >= 11 is 3.27. The van der Waals surface area contributed by atoms with Crippen LogP contribution in [0.1, 0.15) is 0 Å². The van der Waals surface area contributed by atoms with Gasteiger partial charge in [0.2, 0.25) is 0 Å². The van der Waals surface area contributed by atoms with Crippen LogP contribution in [0.2, 0.25) is 0 Å². The van der Waals surface area contributed by atoms with E-state index in [9.17, 15) is 14.5 Å². The Labute approximate surface area is 110 Å². The van der Waals surface area contributed by atoms with Crippen LogP contribution < -0.4 is 4.74 Å². The Hall–Kier alpha value is -1.95. The van der Waals surface area contributed by atoms with Crippen LogP contribution in [0.3, 0.4) is 0 Å². The second-order valence-electron chi connectivity index (χ2n) is 3.43. The summed E-state index contributed by atoms with van der Waals surface area (Å²) < 4.78 is 19.3. The molecule has 18 heavy (non-hydrogen) atoms. The molecule has 0 unspecified atom stereocenters. The Morgan fingerprint density at radius 1 is 1.22 bits per heavy atom. The van der Waals surface area contributed by atoms with E-state index in [-0.39, 0.29) is 11.4 Å². The Bertz CT molecular complexity index is 604. The summed E-state index contributed by atoms with van der Waals surface area (Å²) in [5.41, 5.74) is -0.350. The summed E-state index contributed by atoms with van der Waals surface area (Å²) in [7, 11) is 0. The maximum atomic E-state index is 13.2. The first-order chi connectivity index (χ1) is 8.56. The van der Waals surface area contributed by atoms with E-state index in [1.54, 1.807) is 24.3 Å². The van der Waals surface area contributed by atoms with Crippen LogP contribution in [0.15, 0.2) is 46.9 Å². The Kier molecular flexibility index (Phi) is 3.57. The molecule has 0 spiro atoms. The first-order valence-corrected chi connectivity index (χ1v) is 5.73. The van der Waals surface area contributed by atoms with Crippen molar-refractivity contribution in [3.8, 4) is 11.5 Å². The zero-order valence-electron chi connectivity index (χ0n) is 8.97. The molecule has 0 atom stereocenters. The van der Waals surface area contributed by atoms with Crippen LogP contribution in [0, 0.1) is 15.9 Å². The normalized spacial score (nSPS) is 10.1. The molecule has 2 rings (SSSR count). The maximum Gasteiger partial charge on any atom is 0.276 e. The van der Waals surface area contributed by atoms with Crippen LogP contribution in [0.4, 0.5) is 10.1 Å². The number of nitro benzene ring substituents is 1. The average Bonchev–Trinajstić information content (AvgIpc) is 2.31. The SMILES string of the molecule is O=[N+]([O-])c1cc(F)cc(Oc2ccccc2Br)c1. The van der Waals surface area contributed by atoms with Gasteiger partial charge in [-0.25, -0.2) is 4.39 Å². The lowest BCUT2D eigenvalue weighted by Crippen LogP contribution is -1.92. The molecular weight excluding hydrogens is 305 g/mol. The molecule has 0 aliphatic carbocycles. The Morgan fingerprint density at radius 3 is 2.61 bits per heavy atom. The van der Waals surface area contributed by atoms with Crippen molar-refractivity contribution in [2.75, 3.05) is 0 Å². The molecule has 2 aromatic rings. The van der Waals surface area contributed by atoms with Gasteiger partial charge in [0.15, 0.2) is 0 Å². The molecule has 0 saturated heterocycles. The van der Waals surface area contributed by atoms with Gasteiger partial charge in [0.05, 0.1) is 21.5 Å². The van der Waals surface area contributed by atoms with Crippen molar-refractivity contribution in [2.24, 2.45) is 0 Å². The lowest BCUT2D eigenvalue weighted by molar-refractivity contribution is -0.385. The van der Waals surface area contributed by atoms with E-state index in [2.05, 4.69) is 15.9 Å². The first-order valence-electron chi connectivity index (χ1n) is 4.93. The number of benzene rings is 2. The molecule has 0 radical (unpaired) electrons. The fraction of sp³-hybridized carbons (Fsp3) is 0. The van der Waals surface area contributed by atoms with Crippen molar-refractivity contribution < 1.29 is 14.1 Å². The van der Waals surface area contributed by atoms with Crippen molar-refractivity contribution in [3.63, 3.8) is 0 Å². The maximum absolute atomic E-state index is 13.2. The number of nitro groups is 1. The fourth-order valence-corrected chi connectivity index (χ4v) is 1.73. The van der Waals surface area contributed by atoms with E-state index in [0.717, 1.165) is 12.1 Å². The van der Waals surface area contributed by atoms with E-state index in [1.807, 2.05) is 0 Å². The molecule has 92 valence electrons. The summed E-state index contributed by atoms with van der Waals surface area (Å²) in [4.78, 5) is 9.93. The highest BCUT2D eigenvalue weighted by atomic mass is 79.9. The summed E-state index contributed by atoms with van der Waals surface area (Å²) in [5, 5.41) is 10.6. The molecule has 0 fully saturated rings.